The summed E-state index contributed by atoms with van der Waals surface area (Å²) in [7, 11) is 0. The van der Waals surface area contributed by atoms with Gasteiger partial charge in [0.25, 0.3) is 0 Å². The lowest BCUT2D eigenvalue weighted by Crippen LogP contribution is -2.02. The summed E-state index contributed by atoms with van der Waals surface area (Å²) < 4.78 is 2.40. The molecule has 5 heteroatoms. The monoisotopic (exact) mass is 206 g/mol. The van der Waals surface area contributed by atoms with Crippen LogP contribution >= 0.6 is 12.2 Å². The summed E-state index contributed by atoms with van der Waals surface area (Å²) in [5.41, 5.74) is 1.09. The second-order valence-electron chi connectivity index (χ2n) is 2.86. The Bertz CT molecular complexity index is 471. The van der Waals surface area contributed by atoms with Crippen molar-refractivity contribution < 1.29 is 0 Å². The molecule has 14 heavy (non-hydrogen) atoms. The molecule has 0 unspecified atom stereocenters. The second-order valence-corrected chi connectivity index (χ2v) is 3.28. The van der Waals surface area contributed by atoms with E-state index in [0.717, 1.165) is 12.1 Å². The predicted molar refractivity (Wildman–Crippen MR) is 55.9 cm³/mol. The van der Waals surface area contributed by atoms with Crippen LogP contribution in [0.5, 0.6) is 0 Å². The normalized spacial score (nSPS) is 10.4. The van der Waals surface area contributed by atoms with Crippen LogP contribution in [0.3, 0.4) is 0 Å². The van der Waals surface area contributed by atoms with E-state index in [2.05, 4.69) is 22.0 Å². The average molecular weight is 206 g/mol. The van der Waals surface area contributed by atoms with Crippen molar-refractivity contribution in [3.63, 3.8) is 0 Å². The lowest BCUT2D eigenvalue weighted by Gasteiger charge is -1.98. The molecule has 0 spiro atoms. The molecule has 0 aromatic carbocycles. The van der Waals surface area contributed by atoms with Crippen LogP contribution in [0.2, 0.25) is 0 Å². The Balaban J connectivity index is 2.52. The zero-order valence-electron chi connectivity index (χ0n) is 7.77. The highest BCUT2D eigenvalue weighted by Gasteiger charge is 2.02. The highest BCUT2D eigenvalue weighted by molar-refractivity contribution is 7.71. The predicted octanol–water partition coefficient (Wildman–Crippen LogP) is 1.89. The van der Waals surface area contributed by atoms with E-state index in [1.54, 1.807) is 23.1 Å². The summed E-state index contributed by atoms with van der Waals surface area (Å²) in [6.45, 7) is 2.07. The summed E-state index contributed by atoms with van der Waals surface area (Å²) in [5, 5.41) is 3.13. The molecule has 2 aromatic rings. The summed E-state index contributed by atoms with van der Waals surface area (Å²) in [4.78, 5) is 8.22. The molecule has 0 aliphatic heterocycles. The summed E-state index contributed by atoms with van der Waals surface area (Å²) >= 11 is 5.17. The summed E-state index contributed by atoms with van der Waals surface area (Å²) in [6.07, 6.45) is 4.30. The maximum atomic E-state index is 5.17. The van der Waals surface area contributed by atoms with Crippen LogP contribution < -0.4 is 0 Å². The zero-order valence-corrected chi connectivity index (χ0v) is 8.58. The van der Waals surface area contributed by atoms with Crippen LogP contribution in [0.1, 0.15) is 12.6 Å². The van der Waals surface area contributed by atoms with Crippen molar-refractivity contribution in [2.45, 2.75) is 13.3 Å². The molecule has 0 atom stereocenters. The van der Waals surface area contributed by atoms with Crippen LogP contribution in [-0.2, 0) is 6.42 Å². The van der Waals surface area contributed by atoms with Crippen molar-refractivity contribution in [1.82, 2.24) is 19.7 Å². The van der Waals surface area contributed by atoms with Gasteiger partial charge in [-0.2, -0.15) is 0 Å². The number of aryl methyl sites for hydroxylation is 1. The Hall–Kier alpha value is -1.49. The Morgan fingerprint density at radius 2 is 2.14 bits per heavy atom. The Kier molecular flexibility index (Phi) is 2.41. The molecule has 1 N–H and O–H groups in total. The molecule has 0 aliphatic rings. The molecule has 2 heterocycles. The van der Waals surface area contributed by atoms with Crippen molar-refractivity contribution in [3.8, 4) is 5.95 Å². The topological polar surface area (TPSA) is 46.5 Å². The molecule has 0 bridgehead atoms. The van der Waals surface area contributed by atoms with Gasteiger partial charge in [0.1, 0.15) is 4.64 Å². The van der Waals surface area contributed by atoms with Gasteiger partial charge in [-0.05, 0) is 18.6 Å². The van der Waals surface area contributed by atoms with Gasteiger partial charge in [-0.3, -0.25) is 5.10 Å². The summed E-state index contributed by atoms with van der Waals surface area (Å²) in [5.74, 6) is 0.581. The lowest BCUT2D eigenvalue weighted by molar-refractivity contribution is 0.777. The molecule has 0 radical (unpaired) electrons. The number of H-pyrrole nitrogens is 1. The van der Waals surface area contributed by atoms with Crippen molar-refractivity contribution in [1.29, 1.82) is 0 Å². The number of aromatic amines is 1. The van der Waals surface area contributed by atoms with Crippen LogP contribution in [0, 0.1) is 4.64 Å². The highest BCUT2D eigenvalue weighted by Crippen LogP contribution is 2.04. The molecule has 2 aromatic heterocycles. The van der Waals surface area contributed by atoms with Crippen LogP contribution in [0.15, 0.2) is 24.5 Å². The van der Waals surface area contributed by atoms with Crippen LogP contribution in [0.25, 0.3) is 5.95 Å². The van der Waals surface area contributed by atoms with E-state index >= 15 is 0 Å². The molecular weight excluding hydrogens is 196 g/mol. The minimum absolute atomic E-state index is 0.581. The van der Waals surface area contributed by atoms with Gasteiger partial charge in [0.2, 0.25) is 5.95 Å². The van der Waals surface area contributed by atoms with Gasteiger partial charge < -0.3 is 0 Å². The van der Waals surface area contributed by atoms with Crippen LogP contribution in [0.4, 0.5) is 0 Å². The van der Waals surface area contributed by atoms with Crippen LogP contribution in [-0.4, -0.2) is 19.7 Å². The van der Waals surface area contributed by atoms with Gasteiger partial charge in [0, 0.05) is 18.1 Å². The Labute approximate surface area is 86.6 Å². The SMILES string of the molecule is CCc1cc(=S)n(-c2ncccn2)[nH]1. The second kappa shape index (κ2) is 3.71. The first kappa shape index (κ1) is 9.08. The van der Waals surface area contributed by atoms with Gasteiger partial charge in [0.05, 0.1) is 0 Å². The molecule has 0 aliphatic carbocycles. The minimum atomic E-state index is 0.581. The van der Waals surface area contributed by atoms with Gasteiger partial charge in [-0.25, -0.2) is 14.6 Å². The molecule has 2 rings (SSSR count). The number of aromatic nitrogens is 4. The van der Waals surface area contributed by atoms with E-state index in [1.165, 1.54) is 0 Å². The van der Waals surface area contributed by atoms with E-state index in [0.29, 0.717) is 10.6 Å². The Morgan fingerprint density at radius 3 is 2.71 bits per heavy atom. The fraction of sp³-hybridized carbons (Fsp3) is 0.222. The van der Waals surface area contributed by atoms with E-state index in [4.69, 9.17) is 12.2 Å². The third kappa shape index (κ3) is 1.58. The number of nitrogens with one attached hydrogen (secondary N) is 1. The van der Waals surface area contributed by atoms with Crippen molar-refractivity contribution >= 4 is 12.2 Å². The third-order valence-corrected chi connectivity index (χ3v) is 2.21. The molecule has 72 valence electrons. The fourth-order valence-electron chi connectivity index (χ4n) is 1.18. The number of hydrogen-bond acceptors (Lipinski definition) is 3. The molecule has 4 nitrogen and oxygen atoms in total. The Morgan fingerprint density at radius 1 is 1.43 bits per heavy atom. The van der Waals surface area contributed by atoms with Gasteiger partial charge in [0.15, 0.2) is 0 Å². The number of hydrogen-bond donors (Lipinski definition) is 1. The smallest absolute Gasteiger partial charge is 0.249 e. The molecule has 0 saturated heterocycles. The first-order valence-electron chi connectivity index (χ1n) is 4.39. The average Bonchev–Trinajstić information content (AvgIpc) is 2.61. The minimum Gasteiger partial charge on any atom is -0.294 e. The molecule has 0 saturated carbocycles. The van der Waals surface area contributed by atoms with Crippen molar-refractivity contribution in [2.24, 2.45) is 0 Å². The molecular formula is C9H10N4S. The molecule has 0 fully saturated rings. The number of rotatable bonds is 2. The first-order chi connectivity index (χ1) is 6.81. The van der Waals surface area contributed by atoms with Crippen molar-refractivity contribution in [3.05, 3.63) is 34.9 Å². The third-order valence-electron chi connectivity index (χ3n) is 1.91. The maximum Gasteiger partial charge on any atom is 0.249 e. The van der Waals surface area contributed by atoms with E-state index in [1.807, 2.05) is 6.07 Å². The molecule has 0 amide bonds. The van der Waals surface area contributed by atoms with Crippen molar-refractivity contribution in [2.75, 3.05) is 0 Å². The van der Waals surface area contributed by atoms with E-state index in [9.17, 15) is 0 Å². The zero-order chi connectivity index (χ0) is 9.97. The maximum absolute atomic E-state index is 5.17. The van der Waals surface area contributed by atoms with E-state index in [-0.39, 0.29) is 0 Å². The van der Waals surface area contributed by atoms with Gasteiger partial charge in [-0.15, -0.1) is 0 Å². The quantitative estimate of drug-likeness (QED) is 0.763. The standard InChI is InChI=1S/C9H10N4S/c1-2-7-6-8(14)13(12-7)9-10-4-3-5-11-9/h3-6,12H,2H2,1H3. The van der Waals surface area contributed by atoms with E-state index < -0.39 is 0 Å². The van der Waals surface area contributed by atoms with Gasteiger partial charge >= 0.3 is 0 Å². The fourth-order valence-corrected chi connectivity index (χ4v) is 1.45. The van der Waals surface area contributed by atoms with Gasteiger partial charge in [-0.1, -0.05) is 19.1 Å². The lowest BCUT2D eigenvalue weighted by atomic mass is 10.4. The first-order valence-corrected chi connectivity index (χ1v) is 4.80. The number of nitrogens with zero attached hydrogens (tertiary/aromatic N) is 3. The largest absolute Gasteiger partial charge is 0.294 e. The highest BCUT2D eigenvalue weighted by atomic mass is 32.1. The summed E-state index contributed by atoms with van der Waals surface area (Å²) in [6, 6.07) is 3.70.